The van der Waals surface area contributed by atoms with Crippen LogP contribution in [0.3, 0.4) is 0 Å². The van der Waals surface area contributed by atoms with Gasteiger partial charge >= 0.3 is 12.0 Å². The van der Waals surface area contributed by atoms with E-state index in [2.05, 4.69) is 11.4 Å². The normalized spacial score (nSPS) is 26.9. The first-order valence-electron chi connectivity index (χ1n) is 10.7. The summed E-state index contributed by atoms with van der Waals surface area (Å²) in [4.78, 5) is 52.5. The van der Waals surface area contributed by atoms with Crippen LogP contribution in [0.4, 0.5) is 4.79 Å². The van der Waals surface area contributed by atoms with Gasteiger partial charge in [-0.3, -0.25) is 19.3 Å². The molecular formula is C21H31N3O5. The molecule has 160 valence electrons. The summed E-state index contributed by atoms with van der Waals surface area (Å²) in [5.41, 5.74) is 0.0693. The van der Waals surface area contributed by atoms with Crippen molar-refractivity contribution in [3.63, 3.8) is 0 Å². The Bertz CT molecular complexity index is 719. The van der Waals surface area contributed by atoms with Gasteiger partial charge in [0.25, 0.3) is 11.8 Å². The number of likely N-dealkylation sites (N-methyl/N-ethyl adjacent to an activating group) is 1. The summed E-state index contributed by atoms with van der Waals surface area (Å²) >= 11 is 0. The van der Waals surface area contributed by atoms with Crippen LogP contribution in [-0.4, -0.2) is 58.8 Å². The average Bonchev–Trinajstić information content (AvgIpc) is 2.95. The van der Waals surface area contributed by atoms with Crippen LogP contribution in [0.1, 0.15) is 65.2 Å². The van der Waals surface area contributed by atoms with E-state index in [-0.39, 0.29) is 17.7 Å². The van der Waals surface area contributed by atoms with Gasteiger partial charge in [0.1, 0.15) is 12.1 Å². The molecule has 0 aromatic rings. The standard InChI is InChI=1S/C21H31N3O5/c1-3-23(16-10-5-4-6-11-16)17(25)14-29-18(26)13-24-19(27)21(22-20(24)28)12-8-7-9-15(21)2/h10,15H,3-9,11-14H2,1-2H3,(H,22,28)/t15-,21-/m0/s1. The number of esters is 1. The summed E-state index contributed by atoms with van der Waals surface area (Å²) in [5.74, 6) is -1.38. The minimum atomic E-state index is -0.905. The number of amides is 4. The first kappa shape index (κ1) is 21.3. The predicted octanol–water partition coefficient (Wildman–Crippen LogP) is 2.34. The van der Waals surface area contributed by atoms with Crippen molar-refractivity contribution in [1.29, 1.82) is 0 Å². The maximum absolute atomic E-state index is 12.9. The molecule has 8 nitrogen and oxygen atoms in total. The van der Waals surface area contributed by atoms with Crippen LogP contribution in [0, 0.1) is 5.92 Å². The number of nitrogens with one attached hydrogen (secondary N) is 1. The molecular weight excluding hydrogens is 374 g/mol. The van der Waals surface area contributed by atoms with Crippen molar-refractivity contribution in [2.45, 2.75) is 70.8 Å². The Labute approximate surface area is 171 Å². The van der Waals surface area contributed by atoms with Crippen LogP contribution in [0.15, 0.2) is 11.8 Å². The van der Waals surface area contributed by atoms with E-state index in [0.717, 1.165) is 55.5 Å². The summed E-state index contributed by atoms with van der Waals surface area (Å²) in [6, 6.07) is -0.561. The number of nitrogens with zero attached hydrogens (tertiary/aromatic N) is 2. The van der Waals surface area contributed by atoms with Crippen LogP contribution in [0.2, 0.25) is 0 Å². The van der Waals surface area contributed by atoms with Gasteiger partial charge in [-0.05, 0) is 51.4 Å². The molecule has 0 bridgehead atoms. The van der Waals surface area contributed by atoms with Crippen LogP contribution < -0.4 is 5.32 Å². The van der Waals surface area contributed by atoms with Gasteiger partial charge in [0, 0.05) is 12.2 Å². The molecule has 0 aromatic heterocycles. The van der Waals surface area contributed by atoms with E-state index >= 15 is 0 Å². The van der Waals surface area contributed by atoms with Gasteiger partial charge in [-0.25, -0.2) is 4.79 Å². The number of urea groups is 1. The molecule has 1 aliphatic heterocycles. The molecule has 8 heteroatoms. The third-order valence-electron chi connectivity index (χ3n) is 6.38. The van der Waals surface area contributed by atoms with Gasteiger partial charge in [-0.15, -0.1) is 0 Å². The minimum absolute atomic E-state index is 0.0252. The van der Waals surface area contributed by atoms with Gasteiger partial charge in [0.15, 0.2) is 6.61 Å². The molecule has 1 N–H and O–H groups in total. The third kappa shape index (κ3) is 4.31. The lowest BCUT2D eigenvalue weighted by Gasteiger charge is -2.36. The highest BCUT2D eigenvalue weighted by atomic mass is 16.5. The Balaban J connectivity index is 1.55. The molecule has 3 aliphatic rings. The van der Waals surface area contributed by atoms with Crippen molar-refractivity contribution in [3.8, 4) is 0 Å². The average molecular weight is 405 g/mol. The van der Waals surface area contributed by atoms with Crippen molar-refractivity contribution in [1.82, 2.24) is 15.1 Å². The second-order valence-corrected chi connectivity index (χ2v) is 8.18. The number of ether oxygens (including phenoxy) is 1. The maximum Gasteiger partial charge on any atom is 0.326 e. The fourth-order valence-electron chi connectivity index (χ4n) is 4.64. The number of hydrogen-bond acceptors (Lipinski definition) is 5. The molecule has 0 unspecified atom stereocenters. The zero-order valence-electron chi connectivity index (χ0n) is 17.4. The summed E-state index contributed by atoms with van der Waals surface area (Å²) in [5, 5.41) is 2.81. The Kier molecular flexibility index (Phi) is 6.59. The highest BCUT2D eigenvalue weighted by Gasteiger charge is 2.55. The Morgan fingerprint density at radius 1 is 1.28 bits per heavy atom. The maximum atomic E-state index is 12.9. The molecule has 2 fully saturated rings. The Morgan fingerprint density at radius 2 is 2.07 bits per heavy atom. The van der Waals surface area contributed by atoms with Crippen LogP contribution in [0.25, 0.3) is 0 Å². The van der Waals surface area contributed by atoms with Crippen molar-refractivity contribution >= 4 is 23.8 Å². The number of allylic oxidation sites excluding steroid dienone is 2. The predicted molar refractivity (Wildman–Crippen MR) is 106 cm³/mol. The Morgan fingerprint density at radius 3 is 2.72 bits per heavy atom. The number of carbonyl (C=O) groups is 4. The van der Waals surface area contributed by atoms with E-state index in [1.54, 1.807) is 4.90 Å². The van der Waals surface area contributed by atoms with Crippen LogP contribution in [0.5, 0.6) is 0 Å². The molecule has 0 aromatic carbocycles. The number of carbonyl (C=O) groups excluding carboxylic acids is 4. The number of imide groups is 1. The summed E-state index contributed by atoms with van der Waals surface area (Å²) < 4.78 is 5.11. The largest absolute Gasteiger partial charge is 0.454 e. The Hall–Kier alpha value is -2.38. The van der Waals surface area contributed by atoms with E-state index in [0.29, 0.717) is 13.0 Å². The fourth-order valence-corrected chi connectivity index (χ4v) is 4.64. The van der Waals surface area contributed by atoms with Gasteiger partial charge in [-0.2, -0.15) is 0 Å². The smallest absolute Gasteiger partial charge is 0.326 e. The monoisotopic (exact) mass is 405 g/mol. The van der Waals surface area contributed by atoms with Gasteiger partial charge in [-0.1, -0.05) is 25.8 Å². The molecule has 1 saturated carbocycles. The topological polar surface area (TPSA) is 96.0 Å². The van der Waals surface area contributed by atoms with Crippen LogP contribution in [-0.2, 0) is 19.1 Å². The van der Waals surface area contributed by atoms with Crippen molar-refractivity contribution < 1.29 is 23.9 Å². The summed E-state index contributed by atoms with van der Waals surface area (Å²) in [7, 11) is 0. The lowest BCUT2D eigenvalue weighted by Crippen LogP contribution is -2.54. The third-order valence-corrected chi connectivity index (χ3v) is 6.38. The van der Waals surface area contributed by atoms with E-state index in [4.69, 9.17) is 4.74 Å². The van der Waals surface area contributed by atoms with Gasteiger partial charge < -0.3 is 15.0 Å². The molecule has 2 atom stereocenters. The van der Waals surface area contributed by atoms with E-state index in [9.17, 15) is 19.2 Å². The zero-order valence-corrected chi connectivity index (χ0v) is 17.4. The lowest BCUT2D eigenvalue weighted by atomic mass is 9.73. The molecule has 29 heavy (non-hydrogen) atoms. The van der Waals surface area contributed by atoms with Crippen molar-refractivity contribution in [2.24, 2.45) is 5.92 Å². The molecule has 3 rings (SSSR count). The second-order valence-electron chi connectivity index (χ2n) is 8.18. The fraction of sp³-hybridized carbons (Fsp3) is 0.714. The van der Waals surface area contributed by atoms with Gasteiger partial charge in [0.2, 0.25) is 0 Å². The molecule has 1 heterocycles. The molecule has 2 aliphatic carbocycles. The number of hydrogen-bond donors (Lipinski definition) is 1. The first-order chi connectivity index (χ1) is 13.9. The van der Waals surface area contributed by atoms with E-state index < -0.39 is 30.7 Å². The second kappa shape index (κ2) is 8.97. The zero-order chi connectivity index (χ0) is 21.0. The molecule has 1 saturated heterocycles. The van der Waals surface area contributed by atoms with Crippen molar-refractivity contribution in [3.05, 3.63) is 11.8 Å². The minimum Gasteiger partial charge on any atom is -0.454 e. The van der Waals surface area contributed by atoms with Crippen molar-refractivity contribution in [2.75, 3.05) is 19.7 Å². The molecule has 4 amide bonds. The summed E-state index contributed by atoms with van der Waals surface area (Å²) in [6.45, 7) is 3.48. The lowest BCUT2D eigenvalue weighted by molar-refractivity contribution is -0.153. The highest BCUT2D eigenvalue weighted by molar-refractivity contribution is 6.09. The van der Waals surface area contributed by atoms with E-state index in [1.165, 1.54) is 0 Å². The quantitative estimate of drug-likeness (QED) is 0.540. The molecule has 0 radical (unpaired) electrons. The first-order valence-corrected chi connectivity index (χ1v) is 10.7. The van der Waals surface area contributed by atoms with Gasteiger partial charge in [0.05, 0.1) is 0 Å². The van der Waals surface area contributed by atoms with Crippen LogP contribution >= 0.6 is 0 Å². The number of rotatable bonds is 6. The molecule has 1 spiro atoms. The highest BCUT2D eigenvalue weighted by Crippen LogP contribution is 2.38. The summed E-state index contributed by atoms with van der Waals surface area (Å²) in [6.07, 6.45) is 9.36. The SMILES string of the molecule is CCN(C(=O)COC(=O)CN1C(=O)N[C@]2(CCCC[C@@H]2C)C1=O)C1=CCCCC1. The van der Waals surface area contributed by atoms with E-state index in [1.807, 2.05) is 13.8 Å².